The lowest BCUT2D eigenvalue weighted by Crippen LogP contribution is -2.45. The van der Waals surface area contributed by atoms with Crippen molar-refractivity contribution in [3.05, 3.63) is 105 Å². The number of aliphatic hydroxyl groups is 1. The number of nitrogens with one attached hydrogen (secondary N) is 1. The Morgan fingerprint density at radius 2 is 1.82 bits per heavy atom. The Kier molecular flexibility index (Phi) is 5.53. The van der Waals surface area contributed by atoms with Gasteiger partial charge >= 0.3 is 0 Å². The molecule has 34 heavy (non-hydrogen) atoms. The fourth-order valence-corrected chi connectivity index (χ4v) is 6.00. The predicted octanol–water partition coefficient (Wildman–Crippen LogP) is 7.25. The number of aryl methyl sites for hydroxylation is 1. The van der Waals surface area contributed by atoms with Gasteiger partial charge in [-0.15, -0.1) is 11.3 Å². The second-order valence-electron chi connectivity index (χ2n) is 9.90. The molecule has 5 heteroatoms. The second kappa shape index (κ2) is 8.41. The number of aliphatic hydroxyl groups excluding tert-OH is 1. The van der Waals surface area contributed by atoms with E-state index in [1.807, 2.05) is 83.9 Å². The van der Waals surface area contributed by atoms with Crippen molar-refractivity contribution in [3.8, 4) is 0 Å². The zero-order valence-corrected chi connectivity index (χ0v) is 20.4. The van der Waals surface area contributed by atoms with Crippen molar-refractivity contribution >= 4 is 34.4 Å². The Balaban J connectivity index is 1.85. The van der Waals surface area contributed by atoms with E-state index in [-0.39, 0.29) is 22.8 Å². The van der Waals surface area contributed by atoms with E-state index in [9.17, 15) is 15.3 Å². The molecule has 0 amide bonds. The summed E-state index contributed by atoms with van der Waals surface area (Å²) in [5.41, 5.74) is 4.40. The number of amidine groups is 1. The molecule has 4 nitrogen and oxygen atoms in total. The lowest BCUT2D eigenvalue weighted by Gasteiger charge is -2.45. The molecular weight excluding hydrogens is 440 g/mol. The summed E-state index contributed by atoms with van der Waals surface area (Å²) in [5.74, 6) is -0.110. The quantitative estimate of drug-likeness (QED) is 0.398. The monoisotopic (exact) mass is 468 g/mol. The molecule has 3 aromatic rings. The van der Waals surface area contributed by atoms with E-state index in [4.69, 9.17) is 0 Å². The van der Waals surface area contributed by atoms with Gasteiger partial charge in [0.1, 0.15) is 11.6 Å². The van der Waals surface area contributed by atoms with E-state index in [1.165, 1.54) is 0 Å². The number of hydrogen-bond donors (Lipinski definition) is 2. The Bertz CT molecular complexity index is 1330. The molecule has 0 fully saturated rings. The smallest absolute Gasteiger partial charge is 0.162 e. The van der Waals surface area contributed by atoms with Crippen molar-refractivity contribution in [2.75, 3.05) is 4.90 Å². The molecule has 2 aromatic carbocycles. The minimum Gasteiger partial charge on any atom is -0.507 e. The number of carbonyl (C=O) groups excluding carboxylic acids is 1. The third kappa shape index (κ3) is 3.80. The maximum absolute atomic E-state index is 13.8. The Morgan fingerprint density at radius 1 is 1.06 bits per heavy atom. The minimum absolute atomic E-state index is 0.0471. The summed E-state index contributed by atoms with van der Waals surface area (Å²) in [6.45, 7) is 6.24. The summed E-state index contributed by atoms with van der Waals surface area (Å²) < 4.78 is 0. The fraction of sp³-hybridized carbons (Fsp3) is 0.241. The summed E-state index contributed by atoms with van der Waals surface area (Å²) >= 11 is 1.56. The van der Waals surface area contributed by atoms with Crippen LogP contribution in [0.15, 0.2) is 89.0 Å². The maximum atomic E-state index is 13.8. The number of allylic oxidation sites excluding steroid dienone is 2. The third-order valence-corrected chi connectivity index (χ3v) is 7.55. The molecule has 2 aliphatic rings. The molecule has 0 saturated carbocycles. The second-order valence-corrected chi connectivity index (χ2v) is 10.9. The summed E-state index contributed by atoms with van der Waals surface area (Å²) in [6.07, 6.45) is 1.13. The zero-order chi connectivity index (χ0) is 24.0. The summed E-state index contributed by atoms with van der Waals surface area (Å²) in [5, 5.41) is 23.0. The average Bonchev–Trinajstić information content (AvgIpc) is 3.32. The molecule has 1 aliphatic carbocycles. The molecule has 1 aromatic heterocycles. The number of hydrogen-bond acceptors (Lipinski definition) is 4. The van der Waals surface area contributed by atoms with E-state index in [2.05, 4.69) is 13.8 Å². The highest BCUT2D eigenvalue weighted by Gasteiger charge is 2.47. The van der Waals surface area contributed by atoms with Gasteiger partial charge in [0, 0.05) is 33.8 Å². The molecule has 1 unspecified atom stereocenters. The Morgan fingerprint density at radius 3 is 2.50 bits per heavy atom. The number of ketones is 1. The van der Waals surface area contributed by atoms with Crippen LogP contribution in [-0.2, 0) is 4.79 Å². The Labute approximate surface area is 204 Å². The van der Waals surface area contributed by atoms with Gasteiger partial charge in [-0.2, -0.15) is 0 Å². The van der Waals surface area contributed by atoms with E-state index in [0.29, 0.717) is 29.6 Å². The van der Waals surface area contributed by atoms with Gasteiger partial charge in [-0.1, -0.05) is 62.4 Å². The lowest BCUT2D eigenvalue weighted by molar-refractivity contribution is -0.118. The first kappa shape index (κ1) is 22.4. The van der Waals surface area contributed by atoms with Gasteiger partial charge in [0.2, 0.25) is 0 Å². The van der Waals surface area contributed by atoms with Crippen LogP contribution in [0.3, 0.4) is 0 Å². The normalized spacial score (nSPS) is 21.5. The van der Waals surface area contributed by atoms with Gasteiger partial charge in [0.15, 0.2) is 5.78 Å². The van der Waals surface area contributed by atoms with Crippen molar-refractivity contribution in [2.45, 2.75) is 39.5 Å². The molecule has 0 bridgehead atoms. The Hall–Kier alpha value is -3.44. The molecule has 2 heterocycles. The molecule has 2 N–H and O–H groups in total. The number of anilines is 1. The van der Waals surface area contributed by atoms with Crippen LogP contribution < -0.4 is 4.90 Å². The fourth-order valence-electron chi connectivity index (χ4n) is 5.16. The van der Waals surface area contributed by atoms with Crippen molar-refractivity contribution in [2.24, 2.45) is 5.41 Å². The third-order valence-electron chi connectivity index (χ3n) is 6.61. The molecular formula is C29H28N2O2S. The summed E-state index contributed by atoms with van der Waals surface area (Å²) in [7, 11) is 0. The first-order valence-electron chi connectivity index (χ1n) is 11.5. The van der Waals surface area contributed by atoms with Crippen molar-refractivity contribution in [3.63, 3.8) is 0 Å². The first-order valence-corrected chi connectivity index (χ1v) is 12.4. The summed E-state index contributed by atoms with van der Waals surface area (Å²) in [6, 6.07) is 21.3. The SMILES string of the molecule is Cc1cccc(N2C(=N)/C(=C(/O)c3ccccc3)C(c3cccs3)C3=C2CC(C)(C)CC3=O)c1. The number of benzene rings is 2. The topological polar surface area (TPSA) is 64.4 Å². The van der Waals surface area contributed by atoms with Crippen LogP contribution in [0.1, 0.15) is 48.6 Å². The average molecular weight is 469 g/mol. The molecule has 5 rings (SSSR count). The summed E-state index contributed by atoms with van der Waals surface area (Å²) in [4.78, 5) is 16.6. The standard InChI is InChI=1S/C29H28N2O2S/c1-18-9-7-12-20(15-18)31-21-16-29(2,3)17-22(32)24(21)25(23-13-8-14-34-23)26(28(31)30)27(33)19-10-5-4-6-11-19/h4-15,25,30,33H,16-17H2,1-3H3/b27-26+,30-28?. The maximum Gasteiger partial charge on any atom is 0.162 e. The van der Waals surface area contributed by atoms with Crippen LogP contribution in [0, 0.1) is 17.7 Å². The van der Waals surface area contributed by atoms with Crippen LogP contribution in [0.2, 0.25) is 0 Å². The number of rotatable bonds is 3. The van der Waals surface area contributed by atoms with Crippen LogP contribution in [-0.4, -0.2) is 16.7 Å². The molecule has 0 spiro atoms. The van der Waals surface area contributed by atoms with Gasteiger partial charge in [-0.3, -0.25) is 15.1 Å². The van der Waals surface area contributed by atoms with Gasteiger partial charge < -0.3 is 5.11 Å². The number of Topliss-reactive ketones (excluding diaryl/α,β-unsaturated/α-hetero) is 1. The van der Waals surface area contributed by atoms with Gasteiger partial charge in [-0.25, -0.2) is 0 Å². The highest BCUT2D eigenvalue weighted by atomic mass is 32.1. The number of carbonyl (C=O) groups is 1. The highest BCUT2D eigenvalue weighted by molar-refractivity contribution is 7.10. The van der Waals surface area contributed by atoms with Gasteiger partial charge in [0.25, 0.3) is 0 Å². The lowest BCUT2D eigenvalue weighted by atomic mass is 9.68. The zero-order valence-electron chi connectivity index (χ0n) is 19.6. The number of nitrogens with zero attached hydrogens (tertiary/aromatic N) is 1. The van der Waals surface area contributed by atoms with Crippen molar-refractivity contribution in [1.82, 2.24) is 0 Å². The van der Waals surface area contributed by atoms with E-state index in [0.717, 1.165) is 21.8 Å². The highest BCUT2D eigenvalue weighted by Crippen LogP contribution is 2.51. The van der Waals surface area contributed by atoms with E-state index >= 15 is 0 Å². The van der Waals surface area contributed by atoms with Crippen LogP contribution >= 0.6 is 11.3 Å². The molecule has 0 radical (unpaired) electrons. The molecule has 0 saturated heterocycles. The minimum atomic E-state index is -0.465. The molecule has 1 atom stereocenters. The molecule has 172 valence electrons. The van der Waals surface area contributed by atoms with Crippen molar-refractivity contribution in [1.29, 1.82) is 5.41 Å². The van der Waals surface area contributed by atoms with Crippen LogP contribution in [0.25, 0.3) is 5.76 Å². The molecule has 1 aliphatic heterocycles. The van der Waals surface area contributed by atoms with Crippen LogP contribution in [0.4, 0.5) is 5.69 Å². The van der Waals surface area contributed by atoms with Crippen molar-refractivity contribution < 1.29 is 9.90 Å². The van der Waals surface area contributed by atoms with Gasteiger partial charge in [-0.05, 0) is 47.9 Å². The van der Waals surface area contributed by atoms with E-state index < -0.39 is 5.92 Å². The van der Waals surface area contributed by atoms with Crippen LogP contribution in [0.5, 0.6) is 0 Å². The largest absolute Gasteiger partial charge is 0.507 e. The predicted molar refractivity (Wildman–Crippen MR) is 139 cm³/mol. The number of thiophene rings is 1. The first-order chi connectivity index (χ1) is 16.3. The van der Waals surface area contributed by atoms with E-state index in [1.54, 1.807) is 11.3 Å². The van der Waals surface area contributed by atoms with Gasteiger partial charge in [0.05, 0.1) is 11.5 Å².